The number of ether oxygens (including phenoxy) is 1. The largest absolute Gasteiger partial charge is 0.497 e. The first-order chi connectivity index (χ1) is 9.00. The summed E-state index contributed by atoms with van der Waals surface area (Å²) in [7, 11) is -2.84. The van der Waals surface area contributed by atoms with Gasteiger partial charge in [0.05, 0.1) is 13.4 Å². The zero-order valence-corrected chi connectivity index (χ0v) is 11.1. The fourth-order valence-corrected chi connectivity index (χ4v) is 2.41. The molecule has 0 unspecified atom stereocenters. The molecule has 0 aliphatic heterocycles. The van der Waals surface area contributed by atoms with Gasteiger partial charge in [-0.2, -0.15) is 0 Å². The van der Waals surface area contributed by atoms with Gasteiger partial charge in [0.15, 0.2) is 5.78 Å². The SMILES string of the molecule is COc1ccc(N[C@@H](c2ccco2)P(=O)(O)O)cc1. The summed E-state index contributed by atoms with van der Waals surface area (Å²) in [6.45, 7) is 0. The fourth-order valence-electron chi connectivity index (χ4n) is 1.61. The lowest BCUT2D eigenvalue weighted by Gasteiger charge is -2.19. The lowest BCUT2D eigenvalue weighted by molar-refractivity contribution is 0.354. The maximum Gasteiger partial charge on any atom is 0.355 e. The van der Waals surface area contributed by atoms with Crippen LogP contribution in [0.15, 0.2) is 47.1 Å². The molecule has 0 bridgehead atoms. The predicted molar refractivity (Wildman–Crippen MR) is 70.1 cm³/mol. The van der Waals surface area contributed by atoms with Crippen LogP contribution < -0.4 is 10.1 Å². The highest BCUT2D eigenvalue weighted by Crippen LogP contribution is 2.51. The number of rotatable bonds is 5. The van der Waals surface area contributed by atoms with Crippen LogP contribution in [0.3, 0.4) is 0 Å². The highest BCUT2D eigenvalue weighted by molar-refractivity contribution is 7.52. The first-order valence-electron chi connectivity index (χ1n) is 5.50. The maximum absolute atomic E-state index is 11.5. The summed E-state index contributed by atoms with van der Waals surface area (Å²) in [5, 5.41) is 2.76. The van der Waals surface area contributed by atoms with Crippen molar-refractivity contribution in [3.63, 3.8) is 0 Å². The second-order valence-corrected chi connectivity index (χ2v) is 5.57. The molecule has 1 atom stereocenters. The Kier molecular flexibility index (Phi) is 3.95. The van der Waals surface area contributed by atoms with E-state index in [9.17, 15) is 14.4 Å². The van der Waals surface area contributed by atoms with Gasteiger partial charge in [0.25, 0.3) is 0 Å². The van der Waals surface area contributed by atoms with Gasteiger partial charge < -0.3 is 24.3 Å². The molecule has 0 radical (unpaired) electrons. The van der Waals surface area contributed by atoms with Crippen molar-refractivity contribution in [3.05, 3.63) is 48.4 Å². The molecule has 6 nitrogen and oxygen atoms in total. The fraction of sp³-hybridized carbons (Fsp3) is 0.167. The van der Waals surface area contributed by atoms with Crippen molar-refractivity contribution in [2.45, 2.75) is 5.78 Å². The van der Waals surface area contributed by atoms with E-state index in [-0.39, 0.29) is 5.76 Å². The van der Waals surface area contributed by atoms with Crippen molar-refractivity contribution < 1.29 is 23.5 Å². The molecule has 1 aromatic heterocycles. The Bertz CT molecular complexity index is 560. The van der Waals surface area contributed by atoms with E-state index >= 15 is 0 Å². The van der Waals surface area contributed by atoms with Crippen molar-refractivity contribution in [2.24, 2.45) is 0 Å². The van der Waals surface area contributed by atoms with E-state index in [4.69, 9.17) is 9.15 Å². The number of anilines is 1. The third kappa shape index (κ3) is 3.38. The Morgan fingerprint density at radius 2 is 1.95 bits per heavy atom. The van der Waals surface area contributed by atoms with Gasteiger partial charge in [0.2, 0.25) is 0 Å². The average Bonchev–Trinajstić information content (AvgIpc) is 2.88. The summed E-state index contributed by atoms with van der Waals surface area (Å²) in [4.78, 5) is 18.8. The van der Waals surface area contributed by atoms with Crippen molar-refractivity contribution in [1.82, 2.24) is 0 Å². The van der Waals surface area contributed by atoms with Gasteiger partial charge in [-0.05, 0) is 36.4 Å². The van der Waals surface area contributed by atoms with E-state index in [1.54, 1.807) is 37.4 Å². The molecule has 0 aliphatic rings. The van der Waals surface area contributed by atoms with Gasteiger partial charge >= 0.3 is 7.60 Å². The molecule has 7 heteroatoms. The Hall–Kier alpha value is -1.75. The van der Waals surface area contributed by atoms with E-state index in [1.165, 1.54) is 12.3 Å². The summed E-state index contributed by atoms with van der Waals surface area (Å²) in [6, 6.07) is 9.82. The van der Waals surface area contributed by atoms with Crippen LogP contribution in [0.25, 0.3) is 0 Å². The van der Waals surface area contributed by atoms with Crippen LogP contribution in [0.1, 0.15) is 11.5 Å². The zero-order chi connectivity index (χ0) is 13.9. The van der Waals surface area contributed by atoms with E-state index in [1.807, 2.05) is 0 Å². The molecule has 0 saturated carbocycles. The summed E-state index contributed by atoms with van der Waals surface area (Å²) in [5.74, 6) is -0.365. The molecule has 19 heavy (non-hydrogen) atoms. The molecular weight excluding hydrogens is 269 g/mol. The topological polar surface area (TPSA) is 91.9 Å². The van der Waals surface area contributed by atoms with Crippen molar-refractivity contribution >= 4 is 13.3 Å². The maximum atomic E-state index is 11.5. The lowest BCUT2D eigenvalue weighted by atomic mass is 10.3. The van der Waals surface area contributed by atoms with Crippen LogP contribution in [0.4, 0.5) is 5.69 Å². The molecule has 2 rings (SSSR count). The summed E-state index contributed by atoms with van der Waals surface area (Å²) in [5.41, 5.74) is 0.561. The standard InChI is InChI=1S/C12H14NO5P/c1-17-10-6-4-9(5-7-10)13-12(19(14,15)16)11-3-2-8-18-11/h2-8,12-13H,1H3,(H2,14,15,16)/t12-/m1/s1. The summed E-state index contributed by atoms with van der Waals surface area (Å²) >= 11 is 0. The average molecular weight is 283 g/mol. The van der Waals surface area contributed by atoms with Crippen LogP contribution in [-0.2, 0) is 4.57 Å². The van der Waals surface area contributed by atoms with Gasteiger partial charge in [-0.1, -0.05) is 0 Å². The Balaban J connectivity index is 2.23. The van der Waals surface area contributed by atoms with E-state index < -0.39 is 13.4 Å². The van der Waals surface area contributed by atoms with Gasteiger partial charge in [0, 0.05) is 5.69 Å². The first kappa shape index (κ1) is 13.7. The number of nitrogens with one attached hydrogen (secondary N) is 1. The molecular formula is C12H14NO5P. The van der Waals surface area contributed by atoms with E-state index in [2.05, 4.69) is 5.32 Å². The molecule has 0 fully saturated rings. The van der Waals surface area contributed by atoms with E-state index in [0.717, 1.165) is 0 Å². The normalized spacial score (nSPS) is 13.0. The monoisotopic (exact) mass is 283 g/mol. The molecule has 2 aromatic rings. The van der Waals surface area contributed by atoms with Gasteiger partial charge in [-0.3, -0.25) is 4.57 Å². The Morgan fingerprint density at radius 1 is 1.26 bits per heavy atom. The molecule has 0 saturated heterocycles. The summed E-state index contributed by atoms with van der Waals surface area (Å²) < 4.78 is 21.6. The van der Waals surface area contributed by atoms with Crippen molar-refractivity contribution in [2.75, 3.05) is 12.4 Å². The minimum absolute atomic E-state index is 0.184. The van der Waals surface area contributed by atoms with Crippen molar-refractivity contribution in [3.8, 4) is 5.75 Å². The zero-order valence-electron chi connectivity index (χ0n) is 10.2. The highest BCUT2D eigenvalue weighted by Gasteiger charge is 2.32. The molecule has 102 valence electrons. The second kappa shape index (κ2) is 5.48. The molecule has 1 aromatic carbocycles. The second-order valence-electron chi connectivity index (χ2n) is 3.88. The quantitative estimate of drug-likeness (QED) is 0.730. The predicted octanol–water partition coefficient (Wildman–Crippen LogP) is 2.58. The minimum atomic E-state index is -4.38. The summed E-state index contributed by atoms with van der Waals surface area (Å²) in [6.07, 6.45) is 1.37. The van der Waals surface area contributed by atoms with Gasteiger partial charge in [-0.15, -0.1) is 0 Å². The molecule has 0 amide bonds. The third-order valence-electron chi connectivity index (χ3n) is 2.54. The smallest absolute Gasteiger partial charge is 0.355 e. The van der Waals surface area contributed by atoms with Crippen LogP contribution in [0, 0.1) is 0 Å². The first-order valence-corrected chi connectivity index (χ1v) is 7.18. The van der Waals surface area contributed by atoms with Gasteiger partial charge in [-0.25, -0.2) is 0 Å². The number of benzene rings is 1. The molecule has 1 heterocycles. The minimum Gasteiger partial charge on any atom is -0.497 e. The van der Waals surface area contributed by atoms with Crippen LogP contribution in [0.2, 0.25) is 0 Å². The number of methoxy groups -OCH3 is 1. The number of hydrogen-bond donors (Lipinski definition) is 3. The van der Waals surface area contributed by atoms with Crippen LogP contribution in [-0.4, -0.2) is 16.9 Å². The van der Waals surface area contributed by atoms with E-state index in [0.29, 0.717) is 11.4 Å². The Morgan fingerprint density at radius 3 is 2.42 bits per heavy atom. The molecule has 3 N–H and O–H groups in total. The molecule has 0 spiro atoms. The van der Waals surface area contributed by atoms with Crippen LogP contribution >= 0.6 is 7.60 Å². The molecule has 0 aliphatic carbocycles. The Labute approximate surface area is 110 Å². The highest BCUT2D eigenvalue weighted by atomic mass is 31.2. The van der Waals surface area contributed by atoms with Crippen molar-refractivity contribution in [1.29, 1.82) is 0 Å². The van der Waals surface area contributed by atoms with Gasteiger partial charge in [0.1, 0.15) is 11.5 Å². The third-order valence-corrected chi connectivity index (χ3v) is 3.60. The van der Waals surface area contributed by atoms with Crippen LogP contribution in [0.5, 0.6) is 5.75 Å². The number of hydrogen-bond acceptors (Lipinski definition) is 4. The number of furan rings is 1. The lowest BCUT2D eigenvalue weighted by Crippen LogP contribution is -2.10.